The zero-order valence-electron chi connectivity index (χ0n) is 15.6. The van der Waals surface area contributed by atoms with Crippen molar-refractivity contribution in [2.45, 2.75) is 19.4 Å². The highest BCUT2D eigenvalue weighted by molar-refractivity contribution is 5.98. The lowest BCUT2D eigenvalue weighted by Crippen LogP contribution is -2.30. The zero-order valence-corrected chi connectivity index (χ0v) is 16.4. The van der Waals surface area contributed by atoms with Crippen LogP contribution < -0.4 is 22.1 Å². The maximum Gasteiger partial charge on any atom is 0.251 e. The highest BCUT2D eigenvalue weighted by Crippen LogP contribution is 2.21. The SMILES string of the molecule is CC(C(=O)Nc1cccc(C(=O)NCCC(N)=O)c1)C(N)c1ccccc1.Cl. The Labute approximate surface area is 170 Å². The van der Waals surface area contributed by atoms with Gasteiger partial charge in [0.2, 0.25) is 11.8 Å². The third-order valence-corrected chi connectivity index (χ3v) is 4.19. The number of nitrogens with two attached hydrogens (primary N) is 2. The zero-order chi connectivity index (χ0) is 19.8. The first kappa shape index (κ1) is 23.1. The topological polar surface area (TPSA) is 127 Å². The van der Waals surface area contributed by atoms with E-state index in [0.29, 0.717) is 11.3 Å². The summed E-state index contributed by atoms with van der Waals surface area (Å²) in [6, 6.07) is 15.5. The summed E-state index contributed by atoms with van der Waals surface area (Å²) < 4.78 is 0. The fraction of sp³-hybridized carbons (Fsp3) is 0.250. The van der Waals surface area contributed by atoms with Crippen LogP contribution in [-0.4, -0.2) is 24.3 Å². The van der Waals surface area contributed by atoms with E-state index in [1.807, 2.05) is 30.3 Å². The van der Waals surface area contributed by atoms with Gasteiger partial charge in [-0.15, -0.1) is 12.4 Å². The molecule has 0 bridgehead atoms. The number of carbonyl (C=O) groups is 3. The Kier molecular flexibility index (Phi) is 9.14. The van der Waals surface area contributed by atoms with Crippen LogP contribution >= 0.6 is 12.4 Å². The van der Waals surface area contributed by atoms with Crippen molar-refractivity contribution < 1.29 is 14.4 Å². The van der Waals surface area contributed by atoms with Crippen molar-refractivity contribution in [3.05, 3.63) is 65.7 Å². The highest BCUT2D eigenvalue weighted by Gasteiger charge is 2.22. The van der Waals surface area contributed by atoms with E-state index >= 15 is 0 Å². The first-order chi connectivity index (χ1) is 12.9. The molecule has 2 aromatic rings. The van der Waals surface area contributed by atoms with Gasteiger partial charge < -0.3 is 22.1 Å². The van der Waals surface area contributed by atoms with Crippen molar-refractivity contribution in [2.75, 3.05) is 11.9 Å². The molecule has 28 heavy (non-hydrogen) atoms. The molecule has 0 radical (unpaired) electrons. The van der Waals surface area contributed by atoms with E-state index in [-0.39, 0.29) is 37.2 Å². The first-order valence-electron chi connectivity index (χ1n) is 8.66. The molecule has 2 aromatic carbocycles. The summed E-state index contributed by atoms with van der Waals surface area (Å²) in [5.41, 5.74) is 13.0. The van der Waals surface area contributed by atoms with Crippen molar-refractivity contribution in [3.63, 3.8) is 0 Å². The summed E-state index contributed by atoms with van der Waals surface area (Å²) in [6.07, 6.45) is 0.0665. The van der Waals surface area contributed by atoms with E-state index in [0.717, 1.165) is 5.56 Å². The predicted molar refractivity (Wildman–Crippen MR) is 111 cm³/mol. The molecule has 2 unspecified atom stereocenters. The lowest BCUT2D eigenvalue weighted by atomic mass is 9.94. The van der Waals surface area contributed by atoms with E-state index < -0.39 is 17.9 Å². The average Bonchev–Trinajstić information content (AvgIpc) is 2.67. The molecule has 150 valence electrons. The molecule has 0 spiro atoms. The van der Waals surface area contributed by atoms with Crippen molar-refractivity contribution in [1.82, 2.24) is 5.32 Å². The fourth-order valence-electron chi connectivity index (χ4n) is 2.52. The number of benzene rings is 2. The van der Waals surface area contributed by atoms with Crippen LogP contribution in [-0.2, 0) is 9.59 Å². The second kappa shape index (κ2) is 11.1. The lowest BCUT2D eigenvalue weighted by Gasteiger charge is -2.20. The van der Waals surface area contributed by atoms with Crippen molar-refractivity contribution in [1.29, 1.82) is 0 Å². The molecule has 0 aliphatic rings. The third kappa shape index (κ3) is 6.68. The molecule has 8 heteroatoms. The van der Waals surface area contributed by atoms with Crippen LogP contribution in [0.4, 0.5) is 5.69 Å². The molecule has 0 aliphatic carbocycles. The van der Waals surface area contributed by atoms with Gasteiger partial charge in [0.25, 0.3) is 5.91 Å². The highest BCUT2D eigenvalue weighted by atomic mass is 35.5. The number of rotatable bonds is 8. The average molecular weight is 405 g/mol. The fourth-order valence-corrected chi connectivity index (χ4v) is 2.52. The van der Waals surface area contributed by atoms with Crippen LogP contribution in [0.25, 0.3) is 0 Å². The van der Waals surface area contributed by atoms with E-state index in [2.05, 4.69) is 10.6 Å². The number of amides is 3. The van der Waals surface area contributed by atoms with E-state index in [1.54, 1.807) is 31.2 Å². The van der Waals surface area contributed by atoms with Gasteiger partial charge in [0, 0.05) is 30.3 Å². The van der Waals surface area contributed by atoms with Crippen molar-refractivity contribution in [3.8, 4) is 0 Å². The van der Waals surface area contributed by atoms with Crippen LogP contribution in [0.15, 0.2) is 54.6 Å². The summed E-state index contributed by atoms with van der Waals surface area (Å²) in [4.78, 5) is 35.3. The quantitative estimate of drug-likeness (QED) is 0.536. The molecule has 6 N–H and O–H groups in total. The summed E-state index contributed by atoms with van der Waals surface area (Å²) >= 11 is 0. The van der Waals surface area contributed by atoms with Crippen molar-refractivity contribution in [2.24, 2.45) is 17.4 Å². The molecular formula is C20H25ClN4O3. The Bertz CT molecular complexity index is 814. The van der Waals surface area contributed by atoms with Crippen LogP contribution in [0, 0.1) is 5.92 Å². The van der Waals surface area contributed by atoms with Crippen LogP contribution in [0.5, 0.6) is 0 Å². The Morgan fingerprint density at radius 1 is 1.04 bits per heavy atom. The minimum Gasteiger partial charge on any atom is -0.370 e. The third-order valence-electron chi connectivity index (χ3n) is 4.19. The van der Waals surface area contributed by atoms with E-state index in [1.165, 1.54) is 0 Å². The number of carbonyl (C=O) groups excluding carboxylic acids is 3. The number of anilines is 1. The van der Waals surface area contributed by atoms with Gasteiger partial charge in [0.05, 0.1) is 5.92 Å². The second-order valence-corrected chi connectivity index (χ2v) is 6.27. The van der Waals surface area contributed by atoms with Gasteiger partial charge in [-0.05, 0) is 23.8 Å². The Balaban J connectivity index is 0.00000392. The normalized spacial score (nSPS) is 12.2. The first-order valence-corrected chi connectivity index (χ1v) is 8.66. The molecule has 0 aliphatic heterocycles. The van der Waals surface area contributed by atoms with Gasteiger partial charge >= 0.3 is 0 Å². The van der Waals surface area contributed by atoms with Gasteiger partial charge in [-0.3, -0.25) is 14.4 Å². The number of halogens is 1. The molecule has 0 heterocycles. The largest absolute Gasteiger partial charge is 0.370 e. The smallest absolute Gasteiger partial charge is 0.251 e. The maximum atomic E-state index is 12.5. The van der Waals surface area contributed by atoms with E-state index in [4.69, 9.17) is 11.5 Å². The number of hydrogen-bond acceptors (Lipinski definition) is 4. The van der Waals surface area contributed by atoms with Crippen LogP contribution in [0.3, 0.4) is 0 Å². The van der Waals surface area contributed by atoms with Gasteiger partial charge in [-0.1, -0.05) is 43.3 Å². The minimum absolute atomic E-state index is 0. The predicted octanol–water partition coefficient (Wildman–Crippen LogP) is 1.99. The Morgan fingerprint density at radius 2 is 1.71 bits per heavy atom. The molecule has 7 nitrogen and oxygen atoms in total. The van der Waals surface area contributed by atoms with Gasteiger partial charge in [0.15, 0.2) is 0 Å². The monoisotopic (exact) mass is 404 g/mol. The summed E-state index contributed by atoms with van der Waals surface area (Å²) in [5.74, 6) is -1.53. The lowest BCUT2D eigenvalue weighted by molar-refractivity contribution is -0.120. The summed E-state index contributed by atoms with van der Waals surface area (Å²) in [5, 5.41) is 5.39. The standard InChI is InChI=1S/C20H24N4O3.ClH/c1-13(18(22)14-6-3-2-4-7-14)19(26)24-16-9-5-8-15(12-16)20(27)23-11-10-17(21)25;/h2-9,12-13,18H,10-11,22H2,1H3,(H2,21,25)(H,23,27)(H,24,26);1H. The van der Waals surface area contributed by atoms with E-state index in [9.17, 15) is 14.4 Å². The number of nitrogens with one attached hydrogen (secondary N) is 2. The molecule has 3 amide bonds. The number of primary amides is 1. The Hall–Kier alpha value is -2.90. The van der Waals surface area contributed by atoms with Gasteiger partial charge in [0.1, 0.15) is 0 Å². The van der Waals surface area contributed by atoms with Crippen LogP contribution in [0.1, 0.15) is 35.3 Å². The second-order valence-electron chi connectivity index (χ2n) is 6.27. The molecule has 2 rings (SSSR count). The molecule has 0 saturated carbocycles. The molecular weight excluding hydrogens is 380 g/mol. The van der Waals surface area contributed by atoms with Gasteiger partial charge in [-0.2, -0.15) is 0 Å². The van der Waals surface area contributed by atoms with Crippen molar-refractivity contribution >= 4 is 35.8 Å². The maximum absolute atomic E-state index is 12.5. The summed E-state index contributed by atoms with van der Waals surface area (Å²) in [6.45, 7) is 1.92. The molecule has 0 aromatic heterocycles. The van der Waals surface area contributed by atoms with Gasteiger partial charge in [-0.25, -0.2) is 0 Å². The molecule has 2 atom stereocenters. The van der Waals surface area contributed by atoms with Crippen LogP contribution in [0.2, 0.25) is 0 Å². The minimum atomic E-state index is -0.486. The molecule has 0 saturated heterocycles. The summed E-state index contributed by atoms with van der Waals surface area (Å²) in [7, 11) is 0. The number of hydrogen-bond donors (Lipinski definition) is 4. The molecule has 0 fully saturated rings. The Morgan fingerprint density at radius 3 is 2.36 bits per heavy atom.